The van der Waals surface area contributed by atoms with Crippen LogP contribution >= 0.6 is 0 Å². The fourth-order valence-electron chi connectivity index (χ4n) is 2.65. The molecule has 5 heteroatoms. The van der Waals surface area contributed by atoms with Gasteiger partial charge in [0, 0.05) is 49.0 Å². The Bertz CT molecular complexity index is 893. The summed E-state index contributed by atoms with van der Waals surface area (Å²) in [5.41, 5.74) is 3.54. The van der Waals surface area contributed by atoms with Crippen molar-refractivity contribution in [1.82, 2.24) is 9.88 Å². The van der Waals surface area contributed by atoms with Crippen LogP contribution in [0.3, 0.4) is 0 Å². The molecule has 3 aromatic rings. The lowest BCUT2D eigenvalue weighted by molar-refractivity contribution is 0.414. The van der Waals surface area contributed by atoms with E-state index < -0.39 is 0 Å². The van der Waals surface area contributed by atoms with Gasteiger partial charge in [0.2, 0.25) is 0 Å². The zero-order chi connectivity index (χ0) is 16.4. The van der Waals surface area contributed by atoms with Crippen molar-refractivity contribution in [3.05, 3.63) is 63.8 Å². The van der Waals surface area contributed by atoms with Crippen LogP contribution in [-0.4, -0.2) is 11.7 Å². The average molecular weight is 312 g/mol. The summed E-state index contributed by atoms with van der Waals surface area (Å²) < 4.78 is 12.6. The highest BCUT2D eigenvalue weighted by molar-refractivity contribution is 5.81. The average Bonchev–Trinajstić information content (AvgIpc) is 2.86. The van der Waals surface area contributed by atoms with Gasteiger partial charge in [-0.2, -0.15) is 0 Å². The molecule has 120 valence electrons. The number of hydrogen-bond acceptors (Lipinski definition) is 4. The molecule has 0 aliphatic heterocycles. The van der Waals surface area contributed by atoms with Crippen LogP contribution in [0.2, 0.25) is 0 Å². The van der Waals surface area contributed by atoms with E-state index in [0.29, 0.717) is 17.9 Å². The van der Waals surface area contributed by atoms with E-state index in [4.69, 9.17) is 9.15 Å². The Morgan fingerprint density at radius 3 is 2.70 bits per heavy atom. The Labute approximate surface area is 134 Å². The van der Waals surface area contributed by atoms with Gasteiger partial charge in [-0.05, 0) is 36.8 Å². The molecular weight excluding hydrogens is 292 g/mol. The fraction of sp³-hybridized carbons (Fsp3) is 0.278. The van der Waals surface area contributed by atoms with Crippen molar-refractivity contribution in [2.75, 3.05) is 7.11 Å². The third kappa shape index (κ3) is 3.14. The van der Waals surface area contributed by atoms with Gasteiger partial charge in [-0.1, -0.05) is 0 Å². The SMILES string of the molecule is COc1ccc2c(CNCc3ccc(C)n3C)cc(=O)oc2c1. The van der Waals surface area contributed by atoms with Crippen molar-refractivity contribution in [3.8, 4) is 5.75 Å². The van der Waals surface area contributed by atoms with Crippen LogP contribution in [0.5, 0.6) is 5.75 Å². The fourth-order valence-corrected chi connectivity index (χ4v) is 2.65. The molecule has 23 heavy (non-hydrogen) atoms. The Hall–Kier alpha value is -2.53. The van der Waals surface area contributed by atoms with Gasteiger partial charge in [0.15, 0.2) is 0 Å². The number of rotatable bonds is 5. The van der Waals surface area contributed by atoms with Gasteiger partial charge in [-0.3, -0.25) is 0 Å². The number of ether oxygens (including phenoxy) is 1. The molecule has 0 amide bonds. The molecule has 2 heterocycles. The minimum absolute atomic E-state index is 0.350. The van der Waals surface area contributed by atoms with Crippen molar-refractivity contribution >= 4 is 11.0 Å². The van der Waals surface area contributed by atoms with Crippen molar-refractivity contribution < 1.29 is 9.15 Å². The molecule has 0 unspecified atom stereocenters. The standard InChI is InChI=1S/C18H20N2O3/c1-12-4-5-14(20(12)2)11-19-10-13-8-18(21)23-17-9-15(22-3)6-7-16(13)17/h4-9,19H,10-11H2,1-3H3. The molecule has 1 N–H and O–H groups in total. The van der Waals surface area contributed by atoms with E-state index in [1.54, 1.807) is 13.2 Å². The van der Waals surface area contributed by atoms with Gasteiger partial charge in [-0.15, -0.1) is 0 Å². The quantitative estimate of drug-likeness (QED) is 0.736. The molecule has 0 bridgehead atoms. The third-order valence-electron chi connectivity index (χ3n) is 4.14. The van der Waals surface area contributed by atoms with Gasteiger partial charge in [0.1, 0.15) is 11.3 Å². The molecule has 1 aromatic carbocycles. The third-order valence-corrected chi connectivity index (χ3v) is 4.14. The normalized spacial score (nSPS) is 11.1. The first-order valence-corrected chi connectivity index (χ1v) is 7.51. The van der Waals surface area contributed by atoms with Gasteiger partial charge >= 0.3 is 5.63 Å². The molecule has 0 aliphatic carbocycles. The second-order valence-corrected chi connectivity index (χ2v) is 5.58. The monoisotopic (exact) mass is 312 g/mol. The molecule has 0 saturated heterocycles. The zero-order valence-corrected chi connectivity index (χ0v) is 13.6. The highest BCUT2D eigenvalue weighted by atomic mass is 16.5. The first-order chi connectivity index (χ1) is 11.1. The Balaban J connectivity index is 1.82. The van der Waals surface area contributed by atoms with Crippen LogP contribution in [0.4, 0.5) is 0 Å². The van der Waals surface area contributed by atoms with Crippen LogP contribution in [0.15, 0.2) is 45.6 Å². The number of benzene rings is 1. The summed E-state index contributed by atoms with van der Waals surface area (Å²) >= 11 is 0. The molecule has 0 fully saturated rings. The lowest BCUT2D eigenvalue weighted by Gasteiger charge is -2.09. The summed E-state index contributed by atoms with van der Waals surface area (Å²) in [4.78, 5) is 11.8. The van der Waals surface area contributed by atoms with Crippen molar-refractivity contribution in [3.63, 3.8) is 0 Å². The molecule has 5 nitrogen and oxygen atoms in total. The first-order valence-electron chi connectivity index (χ1n) is 7.51. The summed E-state index contributed by atoms with van der Waals surface area (Å²) in [6.07, 6.45) is 0. The largest absolute Gasteiger partial charge is 0.497 e. The lowest BCUT2D eigenvalue weighted by atomic mass is 10.1. The van der Waals surface area contributed by atoms with Crippen LogP contribution in [0.1, 0.15) is 17.0 Å². The van der Waals surface area contributed by atoms with E-state index >= 15 is 0 Å². The highest BCUT2D eigenvalue weighted by Crippen LogP contribution is 2.22. The van der Waals surface area contributed by atoms with Gasteiger partial charge in [0.05, 0.1) is 7.11 Å². The number of nitrogens with one attached hydrogen (secondary N) is 1. The molecule has 0 aliphatic rings. The smallest absolute Gasteiger partial charge is 0.336 e. The van der Waals surface area contributed by atoms with Crippen LogP contribution in [0, 0.1) is 6.92 Å². The van der Waals surface area contributed by atoms with E-state index in [9.17, 15) is 4.79 Å². The number of aromatic nitrogens is 1. The zero-order valence-electron chi connectivity index (χ0n) is 13.6. The summed E-state index contributed by atoms with van der Waals surface area (Å²) in [5.74, 6) is 0.671. The summed E-state index contributed by atoms with van der Waals surface area (Å²) in [6, 6.07) is 11.3. The maximum atomic E-state index is 11.8. The molecule has 0 spiro atoms. The summed E-state index contributed by atoms with van der Waals surface area (Å²) in [5, 5.41) is 4.31. The number of methoxy groups -OCH3 is 1. The van der Waals surface area contributed by atoms with Crippen LogP contribution < -0.4 is 15.7 Å². The number of nitrogens with zero attached hydrogens (tertiary/aromatic N) is 1. The highest BCUT2D eigenvalue weighted by Gasteiger charge is 2.07. The van der Waals surface area contributed by atoms with Gasteiger partial charge in [-0.25, -0.2) is 4.79 Å². The van der Waals surface area contributed by atoms with Gasteiger partial charge < -0.3 is 19.0 Å². The van der Waals surface area contributed by atoms with Crippen molar-refractivity contribution in [2.24, 2.45) is 7.05 Å². The predicted octanol–water partition coefficient (Wildman–Crippen LogP) is 2.74. The summed E-state index contributed by atoms with van der Waals surface area (Å²) in [6.45, 7) is 3.41. The Morgan fingerprint density at radius 2 is 2.00 bits per heavy atom. The Kier molecular flexibility index (Phi) is 4.21. The van der Waals surface area contributed by atoms with E-state index in [0.717, 1.165) is 17.5 Å². The summed E-state index contributed by atoms with van der Waals surface area (Å²) in [7, 11) is 3.64. The van der Waals surface area contributed by atoms with Crippen LogP contribution in [-0.2, 0) is 20.1 Å². The topological polar surface area (TPSA) is 56.4 Å². The lowest BCUT2D eigenvalue weighted by Crippen LogP contribution is -2.16. The molecule has 0 saturated carbocycles. The van der Waals surface area contributed by atoms with E-state index in [-0.39, 0.29) is 5.63 Å². The maximum Gasteiger partial charge on any atom is 0.336 e. The first kappa shape index (κ1) is 15.4. The minimum Gasteiger partial charge on any atom is -0.497 e. The number of hydrogen-bond donors (Lipinski definition) is 1. The second-order valence-electron chi connectivity index (χ2n) is 5.58. The number of fused-ring (bicyclic) bond motifs is 1. The van der Waals surface area contributed by atoms with Crippen LogP contribution in [0.25, 0.3) is 11.0 Å². The number of aryl methyl sites for hydroxylation is 1. The van der Waals surface area contributed by atoms with E-state index in [1.807, 2.05) is 19.2 Å². The van der Waals surface area contributed by atoms with Crippen molar-refractivity contribution in [2.45, 2.75) is 20.0 Å². The molecule has 2 aromatic heterocycles. The molecule has 3 rings (SSSR count). The van der Waals surface area contributed by atoms with Gasteiger partial charge in [0.25, 0.3) is 0 Å². The predicted molar refractivity (Wildman–Crippen MR) is 89.7 cm³/mol. The van der Waals surface area contributed by atoms with E-state index in [2.05, 4.69) is 28.9 Å². The molecule has 0 radical (unpaired) electrons. The molecular formula is C18H20N2O3. The maximum absolute atomic E-state index is 11.8. The second kappa shape index (κ2) is 6.30. The molecule has 0 atom stereocenters. The minimum atomic E-state index is -0.350. The Morgan fingerprint density at radius 1 is 1.17 bits per heavy atom. The van der Waals surface area contributed by atoms with Crippen molar-refractivity contribution in [1.29, 1.82) is 0 Å². The van der Waals surface area contributed by atoms with E-state index in [1.165, 1.54) is 17.5 Å².